The van der Waals surface area contributed by atoms with Gasteiger partial charge in [0.15, 0.2) is 0 Å². The smallest absolute Gasteiger partial charge is 0.417 e. The number of hydrogen-bond acceptors (Lipinski definition) is 5. The second-order valence-electron chi connectivity index (χ2n) is 7.32. The molecule has 2 atom stereocenters. The fraction of sp³-hybridized carbons (Fsp3) is 0.350. The molecule has 1 aliphatic carbocycles. The van der Waals surface area contributed by atoms with Crippen molar-refractivity contribution in [1.82, 2.24) is 9.71 Å². The summed E-state index contributed by atoms with van der Waals surface area (Å²) >= 11 is 0. The molecular formula is C20H22F3N3O3S. The SMILES string of the molecule is C=C(O)C1Cc2cccc(S(=O)(=O)N[C@@H](C)CNc3ccc(C(F)(F)F)cn3)c2C1. The Morgan fingerprint density at radius 1 is 1.30 bits per heavy atom. The number of allylic oxidation sites excluding steroid dienone is 1. The first kappa shape index (κ1) is 22.1. The van der Waals surface area contributed by atoms with Crippen LogP contribution in [0.3, 0.4) is 0 Å². The average molecular weight is 441 g/mol. The highest BCUT2D eigenvalue weighted by molar-refractivity contribution is 7.89. The van der Waals surface area contributed by atoms with E-state index in [0.29, 0.717) is 18.4 Å². The summed E-state index contributed by atoms with van der Waals surface area (Å²) in [5, 5.41) is 12.5. The Labute approximate surface area is 172 Å². The molecule has 3 rings (SSSR count). The number of nitrogens with zero attached hydrogens (tertiary/aromatic N) is 1. The van der Waals surface area contributed by atoms with E-state index in [-0.39, 0.29) is 28.9 Å². The fourth-order valence-electron chi connectivity index (χ4n) is 3.40. The summed E-state index contributed by atoms with van der Waals surface area (Å²) in [4.78, 5) is 3.86. The largest absolute Gasteiger partial charge is 0.513 e. The molecule has 0 fully saturated rings. The van der Waals surface area contributed by atoms with E-state index in [1.807, 2.05) is 6.07 Å². The van der Waals surface area contributed by atoms with Crippen molar-refractivity contribution in [2.24, 2.45) is 5.92 Å². The van der Waals surface area contributed by atoms with Crippen molar-refractivity contribution < 1.29 is 26.7 Å². The van der Waals surface area contributed by atoms with Crippen LogP contribution in [0.4, 0.5) is 19.0 Å². The van der Waals surface area contributed by atoms with E-state index in [1.165, 1.54) is 12.1 Å². The first-order valence-electron chi connectivity index (χ1n) is 9.25. The number of aliphatic hydroxyl groups excluding tert-OH is 1. The maximum atomic E-state index is 12.9. The number of hydrogen-bond donors (Lipinski definition) is 3. The van der Waals surface area contributed by atoms with Crippen LogP contribution in [0.15, 0.2) is 53.8 Å². The molecule has 6 nitrogen and oxygen atoms in total. The zero-order valence-electron chi connectivity index (χ0n) is 16.2. The summed E-state index contributed by atoms with van der Waals surface area (Å²) in [5.41, 5.74) is 0.663. The number of anilines is 1. The maximum absolute atomic E-state index is 12.9. The molecule has 0 amide bonds. The molecular weight excluding hydrogens is 419 g/mol. The summed E-state index contributed by atoms with van der Waals surface area (Å²) < 4.78 is 66.1. The Bertz CT molecular complexity index is 1040. The number of aliphatic hydroxyl groups is 1. The zero-order chi connectivity index (χ0) is 22.1. The molecule has 3 N–H and O–H groups in total. The Kier molecular flexibility index (Phi) is 6.09. The maximum Gasteiger partial charge on any atom is 0.417 e. The van der Waals surface area contributed by atoms with Gasteiger partial charge in [-0.05, 0) is 49.1 Å². The number of halogens is 3. The molecule has 30 heavy (non-hydrogen) atoms. The summed E-state index contributed by atoms with van der Waals surface area (Å²) in [7, 11) is -3.83. The third-order valence-corrected chi connectivity index (χ3v) is 6.62. The van der Waals surface area contributed by atoms with Crippen LogP contribution in [0.5, 0.6) is 0 Å². The number of sulfonamides is 1. The monoisotopic (exact) mass is 441 g/mol. The summed E-state index contributed by atoms with van der Waals surface area (Å²) in [6.45, 7) is 5.31. The highest BCUT2D eigenvalue weighted by Gasteiger charge is 2.31. The van der Waals surface area contributed by atoms with Crippen LogP contribution in [0.1, 0.15) is 23.6 Å². The number of benzene rings is 1. The van der Waals surface area contributed by atoms with Gasteiger partial charge in [0.2, 0.25) is 10.0 Å². The lowest BCUT2D eigenvalue weighted by Crippen LogP contribution is -2.37. The van der Waals surface area contributed by atoms with Crippen LogP contribution in [0.2, 0.25) is 0 Å². The van der Waals surface area contributed by atoms with Crippen LogP contribution in [-0.2, 0) is 29.0 Å². The van der Waals surface area contributed by atoms with Crippen molar-refractivity contribution in [3.05, 3.63) is 65.6 Å². The summed E-state index contributed by atoms with van der Waals surface area (Å²) in [6.07, 6.45) is -2.82. The van der Waals surface area contributed by atoms with Gasteiger partial charge in [0.05, 0.1) is 16.2 Å². The van der Waals surface area contributed by atoms with E-state index >= 15 is 0 Å². The van der Waals surface area contributed by atoms with Gasteiger partial charge in [0.1, 0.15) is 5.82 Å². The minimum Gasteiger partial charge on any atom is -0.513 e. The van der Waals surface area contributed by atoms with E-state index in [1.54, 1.807) is 13.0 Å². The lowest BCUT2D eigenvalue weighted by atomic mass is 10.1. The minimum absolute atomic E-state index is 0.0316. The third kappa shape index (κ3) is 4.93. The number of fused-ring (bicyclic) bond motifs is 1. The van der Waals surface area contributed by atoms with Gasteiger partial charge < -0.3 is 10.4 Å². The predicted molar refractivity (Wildman–Crippen MR) is 107 cm³/mol. The predicted octanol–water partition coefficient (Wildman–Crippen LogP) is 3.67. The number of rotatable bonds is 7. The van der Waals surface area contributed by atoms with Crippen molar-refractivity contribution in [2.45, 2.75) is 36.9 Å². The molecule has 0 saturated heterocycles. The van der Waals surface area contributed by atoms with Crippen LogP contribution in [0, 0.1) is 5.92 Å². The second-order valence-corrected chi connectivity index (χ2v) is 9.01. The molecule has 1 heterocycles. The highest BCUT2D eigenvalue weighted by Crippen LogP contribution is 2.34. The first-order chi connectivity index (χ1) is 14.0. The fourth-order valence-corrected chi connectivity index (χ4v) is 4.94. The van der Waals surface area contributed by atoms with E-state index in [4.69, 9.17) is 0 Å². The summed E-state index contributed by atoms with van der Waals surface area (Å²) in [5.74, 6) is 0.0317. The van der Waals surface area contributed by atoms with Gasteiger partial charge in [0, 0.05) is 24.7 Å². The Balaban J connectivity index is 1.65. The standard InChI is InChI=1S/C20H22F3N3O3S/c1-12(10-24-19-7-6-16(11-25-19)20(21,22)23)26-30(28,29)18-5-3-4-14-8-15(13(2)27)9-17(14)18/h3-7,11-12,15,26-27H,2,8-10H2,1H3,(H,24,25)/t12-,15?/m0/s1. The van der Waals surface area contributed by atoms with Gasteiger partial charge in [-0.2, -0.15) is 13.2 Å². The average Bonchev–Trinajstić information content (AvgIpc) is 3.10. The minimum atomic E-state index is -4.47. The van der Waals surface area contributed by atoms with Gasteiger partial charge in [-0.25, -0.2) is 18.1 Å². The van der Waals surface area contributed by atoms with Crippen LogP contribution in [-0.4, -0.2) is 31.1 Å². The zero-order valence-corrected chi connectivity index (χ0v) is 17.0. The molecule has 0 radical (unpaired) electrons. The Morgan fingerprint density at radius 2 is 2.03 bits per heavy atom. The molecule has 1 aliphatic rings. The van der Waals surface area contributed by atoms with Crippen LogP contribution >= 0.6 is 0 Å². The van der Waals surface area contributed by atoms with E-state index < -0.39 is 27.8 Å². The molecule has 1 aromatic carbocycles. The molecule has 0 bridgehead atoms. The topological polar surface area (TPSA) is 91.3 Å². The summed E-state index contributed by atoms with van der Waals surface area (Å²) in [6, 6.07) is 6.55. The molecule has 0 aliphatic heterocycles. The van der Waals surface area contributed by atoms with Crippen LogP contribution < -0.4 is 10.0 Å². The lowest BCUT2D eigenvalue weighted by Gasteiger charge is -2.17. The van der Waals surface area contributed by atoms with E-state index in [9.17, 15) is 26.7 Å². The van der Waals surface area contributed by atoms with E-state index in [2.05, 4.69) is 21.6 Å². The van der Waals surface area contributed by atoms with Gasteiger partial charge in [-0.15, -0.1) is 0 Å². The molecule has 0 saturated carbocycles. The van der Waals surface area contributed by atoms with Crippen molar-refractivity contribution in [1.29, 1.82) is 0 Å². The Morgan fingerprint density at radius 3 is 2.63 bits per heavy atom. The van der Waals surface area contributed by atoms with E-state index in [0.717, 1.165) is 17.8 Å². The molecule has 162 valence electrons. The van der Waals surface area contributed by atoms with Gasteiger partial charge in [-0.3, -0.25) is 0 Å². The number of alkyl halides is 3. The highest BCUT2D eigenvalue weighted by atomic mass is 32.2. The molecule has 0 spiro atoms. The lowest BCUT2D eigenvalue weighted by molar-refractivity contribution is -0.137. The van der Waals surface area contributed by atoms with Gasteiger partial charge in [-0.1, -0.05) is 18.7 Å². The Hall–Kier alpha value is -2.59. The van der Waals surface area contributed by atoms with Crippen LogP contribution in [0.25, 0.3) is 0 Å². The normalized spacial score (nSPS) is 17.4. The van der Waals surface area contributed by atoms with Gasteiger partial charge in [0.25, 0.3) is 0 Å². The molecule has 2 aromatic rings. The van der Waals surface area contributed by atoms with Crippen molar-refractivity contribution in [3.63, 3.8) is 0 Å². The number of nitrogens with one attached hydrogen (secondary N) is 2. The second kappa shape index (κ2) is 8.27. The van der Waals surface area contributed by atoms with Crippen molar-refractivity contribution in [3.8, 4) is 0 Å². The van der Waals surface area contributed by atoms with Gasteiger partial charge >= 0.3 is 6.18 Å². The molecule has 1 unspecified atom stereocenters. The first-order valence-corrected chi connectivity index (χ1v) is 10.7. The third-order valence-electron chi connectivity index (χ3n) is 4.94. The molecule has 1 aromatic heterocycles. The number of pyridine rings is 1. The van der Waals surface area contributed by atoms with Crippen molar-refractivity contribution >= 4 is 15.8 Å². The molecule has 10 heteroatoms. The quantitative estimate of drug-likeness (QED) is 0.571. The van der Waals surface area contributed by atoms with Crippen molar-refractivity contribution in [2.75, 3.05) is 11.9 Å². The number of aromatic nitrogens is 1.